The molecule has 8 nitrogen and oxygen atoms in total. The quantitative estimate of drug-likeness (QED) is 0.447. The summed E-state index contributed by atoms with van der Waals surface area (Å²) < 4.78 is 35.5. The lowest BCUT2D eigenvalue weighted by Gasteiger charge is -2.29. The van der Waals surface area contributed by atoms with Gasteiger partial charge in [-0.25, -0.2) is 23.4 Å². The highest BCUT2D eigenvalue weighted by Gasteiger charge is 2.39. The van der Waals surface area contributed by atoms with Gasteiger partial charge in [0.15, 0.2) is 0 Å². The third-order valence-electron chi connectivity index (χ3n) is 4.95. The van der Waals surface area contributed by atoms with Crippen LogP contribution in [0.1, 0.15) is 23.0 Å². The molecule has 0 N–H and O–H groups in total. The summed E-state index contributed by atoms with van der Waals surface area (Å²) in [7, 11) is -2.55. The number of hydrogen-bond acceptors (Lipinski definition) is 6. The molecule has 2 aromatic heterocycles. The van der Waals surface area contributed by atoms with Crippen molar-refractivity contribution in [3.8, 4) is 5.82 Å². The van der Waals surface area contributed by atoms with Crippen LogP contribution >= 0.6 is 0 Å². The second kappa shape index (κ2) is 8.21. The summed E-state index contributed by atoms with van der Waals surface area (Å²) in [6.45, 7) is 3.74. The Balaban J connectivity index is 1.91. The highest BCUT2D eigenvalue weighted by Crippen LogP contribution is 2.36. The van der Waals surface area contributed by atoms with Crippen LogP contribution < -0.4 is 0 Å². The van der Waals surface area contributed by atoms with Crippen molar-refractivity contribution in [1.29, 1.82) is 0 Å². The first-order valence-corrected chi connectivity index (χ1v) is 10.7. The number of fused-ring (bicyclic) bond motifs is 3. The Kier molecular flexibility index (Phi) is 5.47. The van der Waals surface area contributed by atoms with E-state index in [9.17, 15) is 8.42 Å². The summed E-state index contributed by atoms with van der Waals surface area (Å²) in [4.78, 5) is 13.0. The number of benzene rings is 1. The number of methoxy groups -OCH3 is 1. The summed E-state index contributed by atoms with van der Waals surface area (Å²) in [6.07, 6.45) is 9.41. The van der Waals surface area contributed by atoms with Crippen LogP contribution in [-0.2, 0) is 27.7 Å². The zero-order valence-corrected chi connectivity index (χ0v) is 17.2. The third kappa shape index (κ3) is 3.53. The summed E-state index contributed by atoms with van der Waals surface area (Å²) in [5.74, 6) is 1.20. The van der Waals surface area contributed by atoms with Gasteiger partial charge in [0.2, 0.25) is 10.0 Å². The zero-order chi connectivity index (χ0) is 21.1. The standard InChI is InChI=1S/C21H21N5O3S/c1-3-18(14-29-2)30(27,28)26-13-17-12-22-15-24-20(17)25-10-9-23-21(25)19(26)11-16-7-5-4-6-8-16/h3-10,12,14-15,19H,1,11,13H2,2H3. The molecule has 0 saturated carbocycles. The molecule has 30 heavy (non-hydrogen) atoms. The Morgan fingerprint density at radius 2 is 2.10 bits per heavy atom. The maximum atomic E-state index is 13.6. The van der Waals surface area contributed by atoms with Crippen molar-refractivity contribution >= 4 is 10.0 Å². The fourth-order valence-electron chi connectivity index (χ4n) is 3.58. The summed E-state index contributed by atoms with van der Waals surface area (Å²) >= 11 is 0. The van der Waals surface area contributed by atoms with Gasteiger partial charge in [-0.3, -0.25) is 4.57 Å². The lowest BCUT2D eigenvalue weighted by atomic mass is 10.1. The molecule has 3 aromatic rings. The molecular formula is C21H21N5O3S. The molecule has 1 aliphatic heterocycles. The van der Waals surface area contributed by atoms with Crippen molar-refractivity contribution in [2.45, 2.75) is 19.0 Å². The maximum Gasteiger partial charge on any atom is 0.247 e. The third-order valence-corrected chi connectivity index (χ3v) is 6.81. The van der Waals surface area contributed by atoms with Crippen LogP contribution in [0.25, 0.3) is 5.82 Å². The normalized spacial score (nSPS) is 17.0. The molecular weight excluding hydrogens is 402 g/mol. The van der Waals surface area contributed by atoms with Crippen molar-refractivity contribution in [1.82, 2.24) is 23.8 Å². The second-order valence-electron chi connectivity index (χ2n) is 6.74. The molecule has 0 amide bonds. The number of rotatable bonds is 6. The van der Waals surface area contributed by atoms with Gasteiger partial charge in [-0.15, -0.1) is 0 Å². The predicted molar refractivity (Wildman–Crippen MR) is 112 cm³/mol. The molecule has 1 aromatic carbocycles. The average Bonchev–Trinajstić information content (AvgIpc) is 3.20. The first kappa shape index (κ1) is 20.0. The van der Waals surface area contributed by atoms with E-state index in [0.29, 0.717) is 23.6 Å². The second-order valence-corrected chi connectivity index (χ2v) is 8.63. The van der Waals surface area contributed by atoms with E-state index in [1.165, 1.54) is 30.1 Å². The number of ether oxygens (including phenoxy) is 1. The summed E-state index contributed by atoms with van der Waals surface area (Å²) in [5, 5.41) is 0. The van der Waals surface area contributed by atoms with E-state index in [-0.39, 0.29) is 11.4 Å². The smallest absolute Gasteiger partial charge is 0.247 e. The number of imidazole rings is 1. The molecule has 0 spiro atoms. The first-order chi connectivity index (χ1) is 14.6. The van der Waals surface area contributed by atoms with Gasteiger partial charge in [-0.2, -0.15) is 4.31 Å². The van der Waals surface area contributed by atoms with Crippen LogP contribution in [0.3, 0.4) is 0 Å². The minimum absolute atomic E-state index is 0.0264. The largest absolute Gasteiger partial charge is 0.503 e. The van der Waals surface area contributed by atoms with Gasteiger partial charge < -0.3 is 4.74 Å². The van der Waals surface area contributed by atoms with Gasteiger partial charge in [-0.05, 0) is 18.1 Å². The van der Waals surface area contributed by atoms with Gasteiger partial charge in [0.05, 0.1) is 13.2 Å². The number of aromatic nitrogens is 4. The van der Waals surface area contributed by atoms with Crippen molar-refractivity contribution in [3.05, 3.63) is 96.0 Å². The minimum Gasteiger partial charge on any atom is -0.503 e. The van der Waals surface area contributed by atoms with Gasteiger partial charge in [-0.1, -0.05) is 36.9 Å². The van der Waals surface area contributed by atoms with Crippen molar-refractivity contribution in [2.24, 2.45) is 0 Å². The van der Waals surface area contributed by atoms with Gasteiger partial charge in [0.25, 0.3) is 0 Å². The van der Waals surface area contributed by atoms with Gasteiger partial charge in [0, 0.05) is 30.7 Å². The van der Waals surface area contributed by atoms with Crippen LogP contribution in [-0.4, -0.2) is 39.4 Å². The van der Waals surface area contributed by atoms with Crippen molar-refractivity contribution < 1.29 is 13.2 Å². The Bertz CT molecular complexity index is 1190. The molecule has 0 radical (unpaired) electrons. The average molecular weight is 423 g/mol. The van der Waals surface area contributed by atoms with E-state index in [1.807, 2.05) is 34.9 Å². The van der Waals surface area contributed by atoms with Crippen LogP contribution in [0.2, 0.25) is 0 Å². The number of hydrogen-bond donors (Lipinski definition) is 0. The molecule has 0 saturated heterocycles. The van der Waals surface area contributed by atoms with Crippen LogP contribution in [0.5, 0.6) is 0 Å². The Morgan fingerprint density at radius 1 is 1.30 bits per heavy atom. The molecule has 1 aliphatic rings. The van der Waals surface area contributed by atoms with E-state index in [2.05, 4.69) is 21.5 Å². The molecule has 3 heterocycles. The summed E-state index contributed by atoms with van der Waals surface area (Å²) in [5.41, 5.74) is 1.67. The highest BCUT2D eigenvalue weighted by molar-refractivity contribution is 7.93. The molecule has 1 atom stereocenters. The van der Waals surface area contributed by atoms with Crippen molar-refractivity contribution in [2.75, 3.05) is 7.11 Å². The fourth-order valence-corrected chi connectivity index (χ4v) is 5.09. The zero-order valence-electron chi connectivity index (χ0n) is 16.4. The lowest BCUT2D eigenvalue weighted by Crippen LogP contribution is -2.36. The van der Waals surface area contributed by atoms with Crippen molar-refractivity contribution in [3.63, 3.8) is 0 Å². The SMILES string of the molecule is C=CC(=COC)S(=O)(=O)N1Cc2cncnc2-n2ccnc2C1Cc1ccccc1. The Hall–Kier alpha value is -3.30. The highest BCUT2D eigenvalue weighted by atomic mass is 32.2. The first-order valence-electron chi connectivity index (χ1n) is 9.30. The van der Waals surface area contributed by atoms with Gasteiger partial charge in [0.1, 0.15) is 29.1 Å². The van der Waals surface area contributed by atoms with E-state index < -0.39 is 16.1 Å². The van der Waals surface area contributed by atoms with Crippen LogP contribution in [0.15, 0.2) is 79.1 Å². The van der Waals surface area contributed by atoms with E-state index in [0.717, 1.165) is 5.56 Å². The molecule has 4 rings (SSSR count). The van der Waals surface area contributed by atoms with Crippen LogP contribution in [0, 0.1) is 0 Å². The van der Waals surface area contributed by atoms with E-state index in [1.54, 1.807) is 18.6 Å². The molecule has 0 fully saturated rings. The minimum atomic E-state index is -3.95. The molecule has 0 bridgehead atoms. The molecule has 1 unspecified atom stereocenters. The molecule has 154 valence electrons. The van der Waals surface area contributed by atoms with E-state index in [4.69, 9.17) is 4.74 Å². The Morgan fingerprint density at radius 3 is 2.83 bits per heavy atom. The predicted octanol–water partition coefficient (Wildman–Crippen LogP) is 2.77. The number of nitrogens with zero attached hydrogens (tertiary/aromatic N) is 5. The number of sulfonamides is 1. The van der Waals surface area contributed by atoms with Crippen LogP contribution in [0.4, 0.5) is 0 Å². The fraction of sp³-hybridized carbons (Fsp3) is 0.190. The van der Waals surface area contributed by atoms with E-state index >= 15 is 0 Å². The molecule has 0 aliphatic carbocycles. The topological polar surface area (TPSA) is 90.2 Å². The monoisotopic (exact) mass is 423 g/mol. The summed E-state index contributed by atoms with van der Waals surface area (Å²) in [6, 6.07) is 9.15. The molecule has 9 heteroatoms. The van der Waals surface area contributed by atoms with Gasteiger partial charge >= 0.3 is 0 Å². The maximum absolute atomic E-state index is 13.6. The Labute approximate surface area is 175 Å². The lowest BCUT2D eigenvalue weighted by molar-refractivity contribution is 0.308. The number of allylic oxidation sites excluding steroid dienone is 1.